The molecule has 0 aliphatic rings. The van der Waals surface area contributed by atoms with Crippen LogP contribution in [0.3, 0.4) is 0 Å². The van der Waals surface area contributed by atoms with Gasteiger partial charge in [-0.3, -0.25) is 9.59 Å². The number of ether oxygens (including phenoxy) is 1. The lowest BCUT2D eigenvalue weighted by molar-refractivity contribution is -0.104. The van der Waals surface area contributed by atoms with Gasteiger partial charge in [-0.1, -0.05) is 12.1 Å². The highest BCUT2D eigenvalue weighted by Gasteiger charge is 2.10. The van der Waals surface area contributed by atoms with E-state index in [0.717, 1.165) is 0 Å². The first-order chi connectivity index (χ1) is 7.24. The number of carbonyl (C=O) groups is 2. The molecular formula is C11H10O4. The number of aldehydes is 2. The molecule has 0 aliphatic carbocycles. The van der Waals surface area contributed by atoms with Gasteiger partial charge in [0, 0.05) is 0 Å². The maximum Gasteiger partial charge on any atom is 0.171 e. The van der Waals surface area contributed by atoms with Gasteiger partial charge in [-0.2, -0.15) is 0 Å². The van der Waals surface area contributed by atoms with Crippen molar-refractivity contribution in [3.8, 4) is 11.5 Å². The number of hydrogen-bond acceptors (Lipinski definition) is 4. The molecule has 1 aromatic rings. The molecule has 0 unspecified atom stereocenters. The topological polar surface area (TPSA) is 63.6 Å². The van der Waals surface area contributed by atoms with E-state index in [9.17, 15) is 14.7 Å². The van der Waals surface area contributed by atoms with Crippen LogP contribution in [0.25, 0.3) is 6.08 Å². The number of hydrogen-bond donors (Lipinski definition) is 1. The van der Waals surface area contributed by atoms with Gasteiger partial charge < -0.3 is 9.84 Å². The van der Waals surface area contributed by atoms with Gasteiger partial charge in [0.05, 0.1) is 12.7 Å². The van der Waals surface area contributed by atoms with Crippen LogP contribution in [0, 0.1) is 0 Å². The van der Waals surface area contributed by atoms with Crippen LogP contribution in [0.2, 0.25) is 0 Å². The Morgan fingerprint density at radius 2 is 2.07 bits per heavy atom. The van der Waals surface area contributed by atoms with Crippen LogP contribution in [-0.4, -0.2) is 24.8 Å². The molecule has 4 nitrogen and oxygen atoms in total. The van der Waals surface area contributed by atoms with E-state index in [1.165, 1.54) is 31.4 Å². The first-order valence-corrected chi connectivity index (χ1v) is 4.21. The van der Waals surface area contributed by atoms with Crippen molar-refractivity contribution in [1.82, 2.24) is 0 Å². The number of phenolic OH excluding ortho intramolecular Hbond substituents is 1. The Labute approximate surface area is 86.8 Å². The molecule has 0 radical (unpaired) electrons. The van der Waals surface area contributed by atoms with E-state index >= 15 is 0 Å². The molecule has 0 saturated carbocycles. The van der Waals surface area contributed by atoms with Gasteiger partial charge in [0.25, 0.3) is 0 Å². The Hall–Kier alpha value is -2.10. The van der Waals surface area contributed by atoms with Crippen LogP contribution in [0.4, 0.5) is 0 Å². The highest BCUT2D eigenvalue weighted by atomic mass is 16.5. The van der Waals surface area contributed by atoms with E-state index in [4.69, 9.17) is 4.74 Å². The fraction of sp³-hybridized carbons (Fsp3) is 0.0909. The van der Waals surface area contributed by atoms with Crippen molar-refractivity contribution in [2.45, 2.75) is 0 Å². The lowest BCUT2D eigenvalue weighted by Gasteiger charge is -2.08. The largest absolute Gasteiger partial charge is 0.504 e. The third kappa shape index (κ3) is 2.22. The van der Waals surface area contributed by atoms with E-state index in [0.29, 0.717) is 18.1 Å². The second-order valence-electron chi connectivity index (χ2n) is 2.73. The lowest BCUT2D eigenvalue weighted by Crippen LogP contribution is -1.94. The molecule has 0 aliphatic heterocycles. The predicted molar refractivity (Wildman–Crippen MR) is 55.1 cm³/mol. The Morgan fingerprint density at radius 1 is 1.33 bits per heavy atom. The maximum atomic E-state index is 10.8. The van der Waals surface area contributed by atoms with E-state index < -0.39 is 0 Å². The lowest BCUT2D eigenvalue weighted by atomic mass is 10.1. The van der Waals surface area contributed by atoms with Gasteiger partial charge in [-0.25, -0.2) is 0 Å². The molecule has 0 spiro atoms. The smallest absolute Gasteiger partial charge is 0.171 e. The van der Waals surface area contributed by atoms with Gasteiger partial charge >= 0.3 is 0 Å². The van der Waals surface area contributed by atoms with Crippen molar-refractivity contribution in [2.75, 3.05) is 7.11 Å². The van der Waals surface area contributed by atoms with Crippen LogP contribution >= 0.6 is 0 Å². The monoisotopic (exact) mass is 206 g/mol. The summed E-state index contributed by atoms with van der Waals surface area (Å²) in [5.74, 6) is 0.000835. The summed E-state index contributed by atoms with van der Waals surface area (Å²) < 4.78 is 4.88. The molecule has 0 saturated heterocycles. The van der Waals surface area contributed by atoms with E-state index in [1.54, 1.807) is 0 Å². The zero-order valence-corrected chi connectivity index (χ0v) is 8.14. The Balaban J connectivity index is 3.34. The summed E-state index contributed by atoms with van der Waals surface area (Å²) in [4.78, 5) is 21.0. The molecule has 78 valence electrons. The van der Waals surface area contributed by atoms with Crippen LogP contribution in [0.15, 0.2) is 18.2 Å². The summed E-state index contributed by atoms with van der Waals surface area (Å²) in [6, 6.07) is 2.93. The maximum absolute atomic E-state index is 10.8. The number of allylic oxidation sites excluding steroid dienone is 1. The van der Waals surface area contributed by atoms with Crippen molar-refractivity contribution in [3.05, 3.63) is 29.3 Å². The van der Waals surface area contributed by atoms with Gasteiger partial charge in [0.15, 0.2) is 17.8 Å². The molecule has 1 aromatic carbocycles. The quantitative estimate of drug-likeness (QED) is 0.597. The number of methoxy groups -OCH3 is 1. The standard InChI is InChI=1S/C11H10O4/c1-15-11-9(7-13)8(3-2-6-12)4-5-10(11)14/h2-7,14H,1H3/b3-2+. The number of carbonyl (C=O) groups excluding carboxylic acids is 2. The van der Waals surface area contributed by atoms with Crippen molar-refractivity contribution < 1.29 is 19.4 Å². The average Bonchev–Trinajstić information content (AvgIpc) is 2.26. The molecule has 0 amide bonds. The summed E-state index contributed by atoms with van der Waals surface area (Å²) >= 11 is 0. The summed E-state index contributed by atoms with van der Waals surface area (Å²) in [5, 5.41) is 9.39. The normalized spacial score (nSPS) is 10.2. The molecule has 1 N–H and O–H groups in total. The molecule has 0 fully saturated rings. The number of aromatic hydroxyl groups is 1. The van der Waals surface area contributed by atoms with Crippen molar-refractivity contribution >= 4 is 18.6 Å². The zero-order valence-electron chi connectivity index (χ0n) is 8.14. The highest BCUT2D eigenvalue weighted by molar-refractivity contribution is 5.89. The van der Waals surface area contributed by atoms with E-state index in [1.807, 2.05) is 0 Å². The second kappa shape index (κ2) is 4.95. The molecular weight excluding hydrogens is 196 g/mol. The Kier molecular flexibility index (Phi) is 3.62. The minimum atomic E-state index is -0.108. The third-order valence-electron chi connectivity index (χ3n) is 1.89. The highest BCUT2D eigenvalue weighted by Crippen LogP contribution is 2.31. The predicted octanol–water partition coefficient (Wildman–Crippen LogP) is 1.43. The summed E-state index contributed by atoms with van der Waals surface area (Å²) in [7, 11) is 1.36. The minimum Gasteiger partial charge on any atom is -0.504 e. The first-order valence-electron chi connectivity index (χ1n) is 4.21. The molecule has 0 heterocycles. The number of phenols is 1. The molecule has 4 heteroatoms. The summed E-state index contributed by atoms with van der Waals surface area (Å²) in [6.07, 6.45) is 3.91. The van der Waals surface area contributed by atoms with Crippen molar-refractivity contribution in [2.24, 2.45) is 0 Å². The van der Waals surface area contributed by atoms with Crippen molar-refractivity contribution in [1.29, 1.82) is 0 Å². The van der Waals surface area contributed by atoms with Crippen LogP contribution in [0.5, 0.6) is 11.5 Å². The SMILES string of the molecule is COc1c(O)ccc(/C=C/C=O)c1C=O. The van der Waals surface area contributed by atoms with E-state index in [-0.39, 0.29) is 17.1 Å². The molecule has 0 atom stereocenters. The van der Waals surface area contributed by atoms with Crippen LogP contribution in [-0.2, 0) is 4.79 Å². The first kappa shape index (κ1) is 11.0. The average molecular weight is 206 g/mol. The Morgan fingerprint density at radius 3 is 2.60 bits per heavy atom. The number of rotatable bonds is 4. The van der Waals surface area contributed by atoms with Crippen LogP contribution in [0.1, 0.15) is 15.9 Å². The molecule has 0 aromatic heterocycles. The molecule has 0 bridgehead atoms. The fourth-order valence-electron chi connectivity index (χ4n) is 1.23. The summed E-state index contributed by atoms with van der Waals surface area (Å²) in [6.45, 7) is 0. The van der Waals surface area contributed by atoms with Gasteiger partial charge in [0.1, 0.15) is 6.29 Å². The van der Waals surface area contributed by atoms with Crippen LogP contribution < -0.4 is 4.74 Å². The fourth-order valence-corrected chi connectivity index (χ4v) is 1.23. The summed E-state index contributed by atoms with van der Waals surface area (Å²) in [5.41, 5.74) is 0.738. The molecule has 1 rings (SSSR count). The molecule has 15 heavy (non-hydrogen) atoms. The minimum absolute atomic E-state index is 0.108. The van der Waals surface area contributed by atoms with Crippen molar-refractivity contribution in [3.63, 3.8) is 0 Å². The van der Waals surface area contributed by atoms with Gasteiger partial charge in [0.2, 0.25) is 0 Å². The number of benzene rings is 1. The van der Waals surface area contributed by atoms with Gasteiger partial charge in [-0.05, 0) is 17.7 Å². The van der Waals surface area contributed by atoms with E-state index in [2.05, 4.69) is 0 Å². The second-order valence-corrected chi connectivity index (χ2v) is 2.73. The third-order valence-corrected chi connectivity index (χ3v) is 1.89. The van der Waals surface area contributed by atoms with Gasteiger partial charge in [-0.15, -0.1) is 0 Å². The zero-order chi connectivity index (χ0) is 11.3. The Bertz CT molecular complexity index is 407.